The molecule has 0 aliphatic heterocycles. The Morgan fingerprint density at radius 2 is 1.71 bits per heavy atom. The van der Waals surface area contributed by atoms with E-state index < -0.39 is 15.5 Å². The molecule has 0 heterocycles. The van der Waals surface area contributed by atoms with Gasteiger partial charge in [0.2, 0.25) is 0 Å². The first-order chi connectivity index (χ1) is 11.3. The Morgan fingerprint density at radius 1 is 1.00 bits per heavy atom. The average Bonchev–Trinajstić information content (AvgIpc) is 2.54. The van der Waals surface area contributed by atoms with E-state index in [-0.39, 0.29) is 11.4 Å². The van der Waals surface area contributed by atoms with Gasteiger partial charge in [-0.3, -0.25) is 25.7 Å². The van der Waals surface area contributed by atoms with Gasteiger partial charge in [-0.25, -0.2) is 0 Å². The number of hydrogen-bond donors (Lipinski definition) is 1. The molecule has 0 bridgehead atoms. The normalized spacial score (nSPS) is 11.2. The Balaban J connectivity index is 2.31. The highest BCUT2D eigenvalue weighted by Crippen LogP contribution is 2.29. The molecule has 0 amide bonds. The van der Waals surface area contributed by atoms with Crippen LogP contribution in [-0.2, 0) is 0 Å². The minimum Gasteiger partial charge on any atom is -0.271 e. The van der Waals surface area contributed by atoms with Crippen molar-refractivity contribution in [1.29, 1.82) is 0 Å². The monoisotopic (exact) mass is 328 g/mol. The lowest BCUT2D eigenvalue weighted by Gasteiger charge is -2.06. The third-order valence-electron chi connectivity index (χ3n) is 3.66. The second kappa shape index (κ2) is 6.86. The van der Waals surface area contributed by atoms with Crippen LogP contribution in [0.15, 0.2) is 41.5 Å². The lowest BCUT2D eigenvalue weighted by molar-refractivity contribution is -0.393. The molecule has 0 unspecified atom stereocenters. The predicted octanol–water partition coefficient (Wildman–Crippen LogP) is 3.96. The van der Waals surface area contributed by atoms with Gasteiger partial charge in [0.25, 0.3) is 5.69 Å². The van der Waals surface area contributed by atoms with Gasteiger partial charge in [0.15, 0.2) is 0 Å². The zero-order chi connectivity index (χ0) is 17.9. The van der Waals surface area contributed by atoms with Crippen molar-refractivity contribution in [3.8, 4) is 0 Å². The molecule has 24 heavy (non-hydrogen) atoms. The highest BCUT2D eigenvalue weighted by Gasteiger charge is 2.19. The molecule has 124 valence electrons. The van der Waals surface area contributed by atoms with Crippen molar-refractivity contribution in [2.45, 2.75) is 20.8 Å². The number of benzene rings is 2. The molecule has 0 saturated carbocycles. The number of rotatable bonds is 5. The van der Waals surface area contributed by atoms with Gasteiger partial charge in [0.05, 0.1) is 21.6 Å². The van der Waals surface area contributed by atoms with Gasteiger partial charge < -0.3 is 0 Å². The van der Waals surface area contributed by atoms with Crippen LogP contribution < -0.4 is 5.43 Å². The molecular weight excluding hydrogens is 312 g/mol. The number of non-ortho nitro benzene ring substituents is 1. The SMILES string of the molecule is C/C(=N/Nc1ccc([N+](=O)[O-])cc1[N+](=O)[O-])c1ccc(C)c(C)c1. The van der Waals surface area contributed by atoms with Gasteiger partial charge in [-0.2, -0.15) is 5.10 Å². The van der Waals surface area contributed by atoms with Crippen molar-refractivity contribution in [2.75, 3.05) is 5.43 Å². The minimum absolute atomic E-state index is 0.0915. The van der Waals surface area contributed by atoms with Gasteiger partial charge in [0.1, 0.15) is 5.69 Å². The molecule has 1 N–H and O–H groups in total. The number of anilines is 1. The standard InChI is InChI=1S/C16H16N4O4/c1-10-4-5-13(8-11(10)2)12(3)17-18-15-7-6-14(19(21)22)9-16(15)20(23)24/h4-9,18H,1-3H3/b17-12-. The third-order valence-corrected chi connectivity index (χ3v) is 3.66. The predicted molar refractivity (Wildman–Crippen MR) is 91.5 cm³/mol. The zero-order valence-electron chi connectivity index (χ0n) is 13.4. The van der Waals surface area contributed by atoms with Crippen LogP contribution in [0.3, 0.4) is 0 Å². The highest BCUT2D eigenvalue weighted by atomic mass is 16.6. The van der Waals surface area contributed by atoms with Crippen molar-refractivity contribution in [3.05, 3.63) is 73.3 Å². The maximum Gasteiger partial charge on any atom is 0.301 e. The minimum atomic E-state index is -0.684. The number of nitrogens with zero attached hydrogens (tertiary/aromatic N) is 3. The molecule has 8 nitrogen and oxygen atoms in total. The molecule has 2 aromatic carbocycles. The molecule has 0 atom stereocenters. The molecule has 0 radical (unpaired) electrons. The molecule has 2 rings (SSSR count). The van der Waals surface area contributed by atoms with E-state index in [0.29, 0.717) is 5.71 Å². The zero-order valence-corrected chi connectivity index (χ0v) is 13.4. The fourth-order valence-corrected chi connectivity index (χ4v) is 2.05. The second-order valence-corrected chi connectivity index (χ2v) is 5.32. The number of nitro groups is 2. The Hall–Kier alpha value is -3.29. The van der Waals surface area contributed by atoms with E-state index in [1.807, 2.05) is 32.0 Å². The average molecular weight is 328 g/mol. The van der Waals surface area contributed by atoms with E-state index in [4.69, 9.17) is 0 Å². The summed E-state index contributed by atoms with van der Waals surface area (Å²) < 4.78 is 0. The summed E-state index contributed by atoms with van der Waals surface area (Å²) in [4.78, 5) is 20.5. The molecule has 0 aliphatic rings. The van der Waals surface area contributed by atoms with E-state index in [2.05, 4.69) is 10.5 Å². The third kappa shape index (κ3) is 3.72. The summed E-state index contributed by atoms with van der Waals surface area (Å²) in [5.74, 6) is 0. The van der Waals surface area contributed by atoms with Crippen LogP contribution in [0.2, 0.25) is 0 Å². The van der Waals surface area contributed by atoms with Gasteiger partial charge in [-0.05, 0) is 49.6 Å². The fraction of sp³-hybridized carbons (Fsp3) is 0.188. The number of hydrazone groups is 1. The van der Waals surface area contributed by atoms with Crippen LogP contribution in [-0.4, -0.2) is 15.6 Å². The first kappa shape index (κ1) is 17.1. The number of hydrogen-bond acceptors (Lipinski definition) is 6. The molecule has 0 aliphatic carbocycles. The quantitative estimate of drug-likeness (QED) is 0.507. The van der Waals surface area contributed by atoms with E-state index in [1.165, 1.54) is 12.1 Å². The Bertz CT molecular complexity index is 846. The molecule has 0 spiro atoms. The fourth-order valence-electron chi connectivity index (χ4n) is 2.05. The second-order valence-electron chi connectivity index (χ2n) is 5.32. The van der Waals surface area contributed by atoms with E-state index in [9.17, 15) is 20.2 Å². The van der Waals surface area contributed by atoms with Crippen LogP contribution in [0.5, 0.6) is 0 Å². The van der Waals surface area contributed by atoms with Crippen LogP contribution in [0, 0.1) is 34.1 Å². The Kier molecular flexibility index (Phi) is 4.88. The summed E-state index contributed by atoms with van der Waals surface area (Å²) in [6.45, 7) is 5.76. The maximum absolute atomic E-state index is 11.1. The molecule has 0 aromatic heterocycles. The Labute approximate surface area is 138 Å². The van der Waals surface area contributed by atoms with Crippen molar-refractivity contribution in [2.24, 2.45) is 5.10 Å². The summed E-state index contributed by atoms with van der Waals surface area (Å²) in [6.07, 6.45) is 0. The number of aryl methyl sites for hydroxylation is 2. The van der Waals surface area contributed by atoms with Crippen LogP contribution in [0.4, 0.5) is 17.1 Å². The summed E-state index contributed by atoms with van der Waals surface area (Å²) in [7, 11) is 0. The van der Waals surface area contributed by atoms with Crippen molar-refractivity contribution < 1.29 is 9.85 Å². The van der Waals surface area contributed by atoms with E-state index in [0.717, 1.165) is 22.8 Å². The molecule has 8 heteroatoms. The van der Waals surface area contributed by atoms with E-state index >= 15 is 0 Å². The van der Waals surface area contributed by atoms with Crippen molar-refractivity contribution in [1.82, 2.24) is 0 Å². The number of nitro benzene ring substituents is 2. The van der Waals surface area contributed by atoms with Crippen LogP contribution in [0.1, 0.15) is 23.6 Å². The Morgan fingerprint density at radius 3 is 2.29 bits per heavy atom. The van der Waals surface area contributed by atoms with Crippen molar-refractivity contribution in [3.63, 3.8) is 0 Å². The molecular formula is C16H16N4O4. The van der Waals surface area contributed by atoms with Gasteiger partial charge in [-0.1, -0.05) is 12.1 Å². The van der Waals surface area contributed by atoms with Gasteiger partial charge >= 0.3 is 5.69 Å². The molecule has 0 saturated heterocycles. The maximum atomic E-state index is 11.1. The first-order valence-electron chi connectivity index (χ1n) is 7.10. The highest BCUT2D eigenvalue weighted by molar-refractivity contribution is 5.99. The summed E-state index contributed by atoms with van der Waals surface area (Å²) in [5.41, 5.74) is 5.76. The van der Waals surface area contributed by atoms with Gasteiger partial charge in [-0.15, -0.1) is 0 Å². The summed E-state index contributed by atoms with van der Waals surface area (Å²) in [6, 6.07) is 9.22. The van der Waals surface area contributed by atoms with Crippen LogP contribution in [0.25, 0.3) is 0 Å². The van der Waals surface area contributed by atoms with Crippen molar-refractivity contribution >= 4 is 22.8 Å². The largest absolute Gasteiger partial charge is 0.301 e. The summed E-state index contributed by atoms with van der Waals surface area (Å²) in [5, 5.41) is 26.0. The smallest absolute Gasteiger partial charge is 0.271 e. The topological polar surface area (TPSA) is 111 Å². The molecule has 2 aromatic rings. The first-order valence-corrected chi connectivity index (χ1v) is 7.10. The summed E-state index contributed by atoms with van der Waals surface area (Å²) >= 11 is 0. The van der Waals surface area contributed by atoms with E-state index in [1.54, 1.807) is 6.92 Å². The molecule has 0 fully saturated rings. The lowest BCUT2D eigenvalue weighted by atomic mass is 10.0. The van der Waals surface area contributed by atoms with Crippen LogP contribution >= 0.6 is 0 Å². The number of nitrogens with one attached hydrogen (secondary N) is 1. The lowest BCUT2D eigenvalue weighted by Crippen LogP contribution is -2.03. The van der Waals surface area contributed by atoms with Gasteiger partial charge in [0, 0.05) is 6.07 Å².